The molecule has 0 saturated heterocycles. The molecule has 0 radical (unpaired) electrons. The van der Waals surface area contributed by atoms with Crippen molar-refractivity contribution in [3.63, 3.8) is 0 Å². The van der Waals surface area contributed by atoms with E-state index in [1.165, 1.54) is 16.7 Å². The van der Waals surface area contributed by atoms with Crippen molar-refractivity contribution < 1.29 is 1.43 Å². The van der Waals surface area contributed by atoms with Gasteiger partial charge in [0.15, 0.2) is 0 Å². The quantitative estimate of drug-likeness (QED) is 0.769. The molecule has 0 amide bonds. The standard InChI is InChI=1S/C20H21N5.H2/c1-3-15-12-18(25-11-10-21-14(25)2)8-9-19(15)16-4-6-17(7-5-16)20-22-13-23-24-20;/h4-12,23H,3,13H2,1-2H3,(H,22,24);1H. The van der Waals surface area contributed by atoms with Gasteiger partial charge in [0.1, 0.15) is 18.3 Å². The number of aromatic nitrogens is 2. The maximum Gasteiger partial charge on any atom is 0.144 e. The highest BCUT2D eigenvalue weighted by molar-refractivity contribution is 5.99. The van der Waals surface area contributed by atoms with Crippen molar-refractivity contribution in [2.24, 2.45) is 4.99 Å². The second-order valence-electron chi connectivity index (χ2n) is 6.08. The minimum absolute atomic E-state index is 0. The molecular weight excluding hydrogens is 310 g/mol. The Morgan fingerprint density at radius 2 is 1.92 bits per heavy atom. The number of nitrogens with one attached hydrogen (secondary N) is 2. The molecule has 1 aromatic heterocycles. The van der Waals surface area contributed by atoms with Gasteiger partial charge in [-0.2, -0.15) is 0 Å². The highest BCUT2D eigenvalue weighted by atomic mass is 15.5. The molecule has 5 nitrogen and oxygen atoms in total. The van der Waals surface area contributed by atoms with Crippen molar-refractivity contribution in [3.05, 3.63) is 71.8 Å². The fourth-order valence-electron chi connectivity index (χ4n) is 3.21. The van der Waals surface area contributed by atoms with Gasteiger partial charge in [-0.1, -0.05) is 37.3 Å². The van der Waals surface area contributed by atoms with Gasteiger partial charge in [-0.05, 0) is 42.2 Å². The maximum absolute atomic E-state index is 4.38. The van der Waals surface area contributed by atoms with Crippen LogP contribution in [0.1, 0.15) is 25.3 Å². The molecule has 2 aromatic carbocycles. The molecule has 25 heavy (non-hydrogen) atoms. The van der Waals surface area contributed by atoms with E-state index < -0.39 is 0 Å². The predicted octanol–water partition coefficient (Wildman–Crippen LogP) is 3.47. The molecule has 4 rings (SSSR count). The molecule has 5 heteroatoms. The Hall–Kier alpha value is -2.92. The number of rotatable bonds is 4. The Kier molecular flexibility index (Phi) is 4.07. The first-order valence-corrected chi connectivity index (χ1v) is 8.53. The molecule has 0 unspecified atom stereocenters. The molecule has 0 spiro atoms. The number of benzene rings is 2. The van der Waals surface area contributed by atoms with Gasteiger partial charge in [0, 0.05) is 25.1 Å². The lowest BCUT2D eigenvalue weighted by Gasteiger charge is -2.13. The van der Waals surface area contributed by atoms with Gasteiger partial charge in [0.05, 0.1) is 0 Å². The number of amidine groups is 1. The summed E-state index contributed by atoms with van der Waals surface area (Å²) in [4.78, 5) is 8.69. The Labute approximate surface area is 148 Å². The fourth-order valence-corrected chi connectivity index (χ4v) is 3.21. The van der Waals surface area contributed by atoms with Crippen LogP contribution in [0.5, 0.6) is 0 Å². The molecule has 1 aliphatic heterocycles. The minimum atomic E-state index is 0. The Morgan fingerprint density at radius 1 is 1.12 bits per heavy atom. The zero-order chi connectivity index (χ0) is 17.2. The number of hydrogen-bond acceptors (Lipinski definition) is 4. The van der Waals surface area contributed by atoms with Crippen molar-refractivity contribution in [1.82, 2.24) is 20.4 Å². The van der Waals surface area contributed by atoms with Gasteiger partial charge in [-0.3, -0.25) is 0 Å². The van der Waals surface area contributed by atoms with Crippen molar-refractivity contribution in [3.8, 4) is 16.8 Å². The second-order valence-corrected chi connectivity index (χ2v) is 6.08. The zero-order valence-corrected chi connectivity index (χ0v) is 14.5. The molecule has 0 aliphatic carbocycles. The molecule has 2 heterocycles. The van der Waals surface area contributed by atoms with Crippen LogP contribution in [-0.2, 0) is 6.42 Å². The first-order valence-electron chi connectivity index (χ1n) is 8.53. The van der Waals surface area contributed by atoms with Crippen LogP contribution in [0.25, 0.3) is 16.8 Å². The lowest BCUT2D eigenvalue weighted by atomic mass is 9.96. The van der Waals surface area contributed by atoms with Gasteiger partial charge in [0.25, 0.3) is 0 Å². The summed E-state index contributed by atoms with van der Waals surface area (Å²) < 4.78 is 2.11. The fraction of sp³-hybridized carbons (Fsp3) is 0.200. The first-order chi connectivity index (χ1) is 12.3. The Balaban J connectivity index is 0.00000196. The van der Waals surface area contributed by atoms with Crippen LogP contribution in [0, 0.1) is 6.92 Å². The van der Waals surface area contributed by atoms with Crippen LogP contribution in [0.15, 0.2) is 59.9 Å². The highest BCUT2D eigenvalue weighted by Crippen LogP contribution is 2.27. The minimum Gasteiger partial charge on any atom is -0.304 e. The summed E-state index contributed by atoms with van der Waals surface area (Å²) >= 11 is 0. The molecule has 1 aliphatic rings. The number of aryl methyl sites for hydroxylation is 2. The number of nitrogens with zero attached hydrogens (tertiary/aromatic N) is 3. The van der Waals surface area contributed by atoms with Crippen LogP contribution in [0.2, 0.25) is 0 Å². The zero-order valence-electron chi connectivity index (χ0n) is 14.5. The van der Waals surface area contributed by atoms with E-state index in [1.54, 1.807) is 0 Å². The van der Waals surface area contributed by atoms with Crippen LogP contribution in [0.3, 0.4) is 0 Å². The van der Waals surface area contributed by atoms with Crippen molar-refractivity contribution in [1.29, 1.82) is 0 Å². The Bertz CT molecular complexity index is 928. The summed E-state index contributed by atoms with van der Waals surface area (Å²) in [6, 6.07) is 15.2. The van der Waals surface area contributed by atoms with Crippen molar-refractivity contribution in [2.45, 2.75) is 20.3 Å². The molecule has 0 saturated carbocycles. The number of aliphatic imine (C=N–C) groups is 1. The first kappa shape index (κ1) is 15.6. The Morgan fingerprint density at radius 3 is 2.56 bits per heavy atom. The van der Waals surface area contributed by atoms with Crippen LogP contribution >= 0.6 is 0 Å². The third-order valence-corrected chi connectivity index (χ3v) is 4.57. The molecule has 0 bridgehead atoms. The van der Waals surface area contributed by atoms with E-state index in [9.17, 15) is 0 Å². The monoisotopic (exact) mass is 333 g/mol. The third kappa shape index (κ3) is 2.94. The lowest BCUT2D eigenvalue weighted by molar-refractivity contribution is 0.727. The topological polar surface area (TPSA) is 54.2 Å². The van der Waals surface area contributed by atoms with Crippen LogP contribution < -0.4 is 10.9 Å². The normalized spacial score (nSPS) is 13.6. The van der Waals surface area contributed by atoms with E-state index >= 15 is 0 Å². The smallest absolute Gasteiger partial charge is 0.144 e. The largest absolute Gasteiger partial charge is 0.304 e. The number of hydrazine groups is 1. The molecule has 3 aromatic rings. The van der Waals surface area contributed by atoms with E-state index in [4.69, 9.17) is 0 Å². The average Bonchev–Trinajstić information content (AvgIpc) is 3.33. The number of hydrogen-bond donors (Lipinski definition) is 2. The van der Waals surface area contributed by atoms with Crippen molar-refractivity contribution in [2.75, 3.05) is 6.67 Å². The van der Waals surface area contributed by atoms with Gasteiger partial charge in [-0.25, -0.2) is 15.4 Å². The maximum atomic E-state index is 4.38. The van der Waals surface area contributed by atoms with Gasteiger partial charge in [0.2, 0.25) is 0 Å². The third-order valence-electron chi connectivity index (χ3n) is 4.57. The number of imidazole rings is 1. The molecule has 2 N–H and O–H groups in total. The summed E-state index contributed by atoms with van der Waals surface area (Å²) in [5, 5.41) is 0. The molecule has 128 valence electrons. The van der Waals surface area contributed by atoms with E-state index in [0.717, 1.165) is 29.3 Å². The summed E-state index contributed by atoms with van der Waals surface area (Å²) in [6.07, 6.45) is 4.82. The molecule has 0 fully saturated rings. The van der Waals surface area contributed by atoms with E-state index in [0.29, 0.717) is 6.67 Å². The van der Waals surface area contributed by atoms with Crippen LogP contribution in [0.4, 0.5) is 0 Å². The summed E-state index contributed by atoms with van der Waals surface area (Å²) in [7, 11) is 0. The van der Waals surface area contributed by atoms with Gasteiger partial charge < -0.3 is 9.99 Å². The van der Waals surface area contributed by atoms with E-state index in [1.807, 2.05) is 19.3 Å². The summed E-state index contributed by atoms with van der Waals surface area (Å²) in [6.45, 7) is 4.83. The molecule has 0 atom stereocenters. The van der Waals surface area contributed by atoms with Gasteiger partial charge in [-0.15, -0.1) is 0 Å². The highest BCUT2D eigenvalue weighted by Gasteiger charge is 2.10. The van der Waals surface area contributed by atoms with E-state index in [2.05, 4.69) is 74.8 Å². The summed E-state index contributed by atoms with van der Waals surface area (Å²) in [5.74, 6) is 1.89. The average molecular weight is 333 g/mol. The SMILES string of the molecule is CCc1cc(-n2ccnc2C)ccc1-c1ccc(C2=NCNN2)cc1.[HH]. The van der Waals surface area contributed by atoms with Crippen LogP contribution in [-0.4, -0.2) is 22.1 Å². The molecular formula is C20H23N5. The second kappa shape index (κ2) is 6.53. The predicted molar refractivity (Wildman–Crippen MR) is 103 cm³/mol. The summed E-state index contributed by atoms with van der Waals surface area (Å²) in [5.41, 5.74) is 12.1. The van der Waals surface area contributed by atoms with Crippen molar-refractivity contribution >= 4 is 5.84 Å². The lowest BCUT2D eigenvalue weighted by Crippen LogP contribution is -2.30. The van der Waals surface area contributed by atoms with E-state index in [-0.39, 0.29) is 1.43 Å². The van der Waals surface area contributed by atoms with Gasteiger partial charge >= 0.3 is 0 Å².